The quantitative estimate of drug-likeness (QED) is 0.782. The average molecular weight is 338 g/mol. The number of hydrogen-bond acceptors (Lipinski definition) is 5. The third-order valence-electron chi connectivity index (χ3n) is 3.13. The Morgan fingerprint density at radius 1 is 1.32 bits per heavy atom. The number of carbonyl (C=O) groups excluding carboxylic acids is 1. The zero-order valence-corrected chi connectivity index (χ0v) is 12.6. The SMILES string of the molecule is O=C(O)c1csc(S(=O)(=O)Nc2ccc3c(c2)C(=O)NC3)c1. The van der Waals surface area contributed by atoms with Crippen molar-refractivity contribution < 1.29 is 23.1 Å². The van der Waals surface area contributed by atoms with Crippen molar-refractivity contribution in [3.63, 3.8) is 0 Å². The maximum atomic E-state index is 12.2. The molecule has 114 valence electrons. The fraction of sp³-hybridized carbons (Fsp3) is 0.0769. The van der Waals surface area contributed by atoms with Crippen molar-refractivity contribution in [2.24, 2.45) is 0 Å². The fourth-order valence-electron chi connectivity index (χ4n) is 2.05. The molecule has 0 spiro atoms. The first kappa shape index (κ1) is 14.5. The van der Waals surface area contributed by atoms with E-state index in [-0.39, 0.29) is 21.4 Å². The van der Waals surface area contributed by atoms with Gasteiger partial charge in [0.15, 0.2) is 0 Å². The second-order valence-electron chi connectivity index (χ2n) is 4.62. The van der Waals surface area contributed by atoms with E-state index in [1.807, 2.05) is 0 Å². The Bertz CT molecular complexity index is 886. The van der Waals surface area contributed by atoms with Crippen LogP contribution in [0.5, 0.6) is 0 Å². The van der Waals surface area contributed by atoms with Crippen LogP contribution in [0.3, 0.4) is 0 Å². The molecule has 3 rings (SSSR count). The van der Waals surface area contributed by atoms with Crippen LogP contribution in [0.4, 0.5) is 5.69 Å². The number of nitrogens with one attached hydrogen (secondary N) is 2. The topological polar surface area (TPSA) is 113 Å². The first-order valence-corrected chi connectivity index (χ1v) is 8.49. The van der Waals surface area contributed by atoms with Crippen LogP contribution in [0, 0.1) is 0 Å². The molecule has 9 heteroatoms. The molecule has 2 heterocycles. The summed E-state index contributed by atoms with van der Waals surface area (Å²) < 4.78 is 26.7. The van der Waals surface area contributed by atoms with E-state index < -0.39 is 16.0 Å². The molecule has 1 amide bonds. The van der Waals surface area contributed by atoms with E-state index in [4.69, 9.17) is 5.11 Å². The zero-order valence-electron chi connectivity index (χ0n) is 11.0. The highest BCUT2D eigenvalue weighted by molar-refractivity contribution is 7.94. The average Bonchev–Trinajstić information content (AvgIpc) is 3.07. The molecular weight excluding hydrogens is 328 g/mol. The van der Waals surface area contributed by atoms with Crippen LogP contribution < -0.4 is 10.0 Å². The number of fused-ring (bicyclic) bond motifs is 1. The number of amides is 1. The van der Waals surface area contributed by atoms with Crippen LogP contribution in [-0.2, 0) is 16.6 Å². The maximum Gasteiger partial charge on any atom is 0.336 e. The van der Waals surface area contributed by atoms with E-state index >= 15 is 0 Å². The van der Waals surface area contributed by atoms with Crippen molar-refractivity contribution in [3.05, 3.63) is 46.3 Å². The molecular formula is C13H10N2O5S2. The molecule has 3 N–H and O–H groups in total. The van der Waals surface area contributed by atoms with Gasteiger partial charge in [0.2, 0.25) is 0 Å². The van der Waals surface area contributed by atoms with Crippen molar-refractivity contribution in [1.29, 1.82) is 0 Å². The smallest absolute Gasteiger partial charge is 0.336 e. The Morgan fingerprint density at radius 3 is 2.77 bits per heavy atom. The summed E-state index contributed by atoms with van der Waals surface area (Å²) in [6.45, 7) is 0.425. The van der Waals surface area contributed by atoms with Gasteiger partial charge in [0.05, 0.1) is 5.56 Å². The lowest BCUT2D eigenvalue weighted by Gasteiger charge is -2.07. The van der Waals surface area contributed by atoms with Gasteiger partial charge in [-0.25, -0.2) is 13.2 Å². The molecule has 1 aromatic carbocycles. The monoisotopic (exact) mass is 338 g/mol. The van der Waals surface area contributed by atoms with Crippen molar-refractivity contribution >= 4 is 38.9 Å². The van der Waals surface area contributed by atoms with Gasteiger partial charge in [-0.1, -0.05) is 6.07 Å². The van der Waals surface area contributed by atoms with Crippen molar-refractivity contribution in [2.75, 3.05) is 4.72 Å². The van der Waals surface area contributed by atoms with Gasteiger partial charge in [-0.15, -0.1) is 11.3 Å². The molecule has 1 aromatic heterocycles. The van der Waals surface area contributed by atoms with E-state index in [0.29, 0.717) is 12.1 Å². The number of benzene rings is 1. The largest absolute Gasteiger partial charge is 0.478 e. The van der Waals surface area contributed by atoms with Crippen molar-refractivity contribution in [2.45, 2.75) is 10.8 Å². The van der Waals surface area contributed by atoms with Gasteiger partial charge < -0.3 is 10.4 Å². The lowest BCUT2D eigenvalue weighted by atomic mass is 10.1. The number of sulfonamides is 1. The second kappa shape index (κ2) is 5.11. The number of anilines is 1. The van der Waals surface area contributed by atoms with Gasteiger partial charge >= 0.3 is 5.97 Å². The third kappa shape index (κ3) is 2.55. The number of aromatic carboxylic acids is 1. The molecule has 2 aromatic rings. The van der Waals surface area contributed by atoms with Gasteiger partial charge in [0.1, 0.15) is 4.21 Å². The minimum absolute atomic E-state index is 0.0845. The van der Waals surface area contributed by atoms with E-state index in [1.165, 1.54) is 11.4 Å². The summed E-state index contributed by atoms with van der Waals surface area (Å²) in [5, 5.41) is 12.7. The van der Waals surface area contributed by atoms with Gasteiger partial charge in [-0.3, -0.25) is 9.52 Å². The van der Waals surface area contributed by atoms with E-state index in [0.717, 1.165) is 23.0 Å². The standard InChI is InChI=1S/C13H10N2O5S2/c16-12-10-4-9(2-1-7(10)5-14-12)15-22(19,20)11-3-8(6-21-11)13(17)18/h1-4,6,15H,5H2,(H,14,16)(H,17,18). The molecule has 0 radical (unpaired) electrons. The number of carboxylic acids is 1. The summed E-state index contributed by atoms with van der Waals surface area (Å²) in [6, 6.07) is 5.78. The Hall–Kier alpha value is -2.39. The van der Waals surface area contributed by atoms with Gasteiger partial charge in [-0.2, -0.15) is 0 Å². The molecule has 0 saturated carbocycles. The van der Waals surface area contributed by atoms with Gasteiger partial charge in [0.25, 0.3) is 15.9 Å². The Kier molecular flexibility index (Phi) is 3.38. The van der Waals surface area contributed by atoms with Crippen LogP contribution in [0.15, 0.2) is 33.9 Å². The summed E-state index contributed by atoms with van der Waals surface area (Å²) >= 11 is 0.819. The lowest BCUT2D eigenvalue weighted by molar-refractivity contribution is 0.0697. The molecule has 22 heavy (non-hydrogen) atoms. The van der Waals surface area contributed by atoms with E-state index in [1.54, 1.807) is 12.1 Å². The van der Waals surface area contributed by atoms with Crippen molar-refractivity contribution in [1.82, 2.24) is 5.32 Å². The molecule has 0 unspecified atom stereocenters. The minimum Gasteiger partial charge on any atom is -0.478 e. The highest BCUT2D eigenvalue weighted by atomic mass is 32.2. The van der Waals surface area contributed by atoms with Gasteiger partial charge in [-0.05, 0) is 23.8 Å². The predicted molar refractivity (Wildman–Crippen MR) is 79.7 cm³/mol. The first-order valence-electron chi connectivity index (χ1n) is 6.12. The highest BCUT2D eigenvalue weighted by Crippen LogP contribution is 2.25. The predicted octanol–water partition coefficient (Wildman–Crippen LogP) is 1.49. The van der Waals surface area contributed by atoms with Crippen molar-refractivity contribution in [3.8, 4) is 0 Å². The summed E-state index contributed by atoms with van der Waals surface area (Å²) in [5.74, 6) is -1.44. The number of rotatable bonds is 4. The van der Waals surface area contributed by atoms with Crippen LogP contribution in [0.2, 0.25) is 0 Å². The Labute approximate surface area is 129 Å². The van der Waals surface area contributed by atoms with E-state index in [9.17, 15) is 18.0 Å². The number of thiophene rings is 1. The third-order valence-corrected chi connectivity index (χ3v) is 5.95. The number of carboxylic acid groups (broad SMARTS) is 1. The second-order valence-corrected chi connectivity index (χ2v) is 7.44. The van der Waals surface area contributed by atoms with Crippen LogP contribution in [0.1, 0.15) is 26.3 Å². The van der Waals surface area contributed by atoms with Crippen LogP contribution in [-0.4, -0.2) is 25.4 Å². The van der Waals surface area contributed by atoms with Crippen LogP contribution in [0.25, 0.3) is 0 Å². The molecule has 0 atom stereocenters. The van der Waals surface area contributed by atoms with E-state index in [2.05, 4.69) is 10.0 Å². The summed E-state index contributed by atoms with van der Waals surface area (Å²) in [7, 11) is -3.89. The zero-order chi connectivity index (χ0) is 15.9. The minimum atomic E-state index is -3.89. The first-order chi connectivity index (χ1) is 10.4. The maximum absolute atomic E-state index is 12.2. The molecule has 1 aliphatic rings. The Balaban J connectivity index is 1.90. The normalized spacial score (nSPS) is 13.5. The lowest BCUT2D eigenvalue weighted by Crippen LogP contribution is -2.13. The summed E-state index contributed by atoms with van der Waals surface area (Å²) in [6.07, 6.45) is 0. The highest BCUT2D eigenvalue weighted by Gasteiger charge is 2.22. The molecule has 0 fully saturated rings. The summed E-state index contributed by atoms with van der Waals surface area (Å²) in [5.41, 5.74) is 1.40. The number of carbonyl (C=O) groups is 2. The molecule has 7 nitrogen and oxygen atoms in total. The molecule has 0 aliphatic carbocycles. The summed E-state index contributed by atoms with van der Waals surface area (Å²) in [4.78, 5) is 22.4. The fourth-order valence-corrected chi connectivity index (χ4v) is 4.25. The molecule has 0 bridgehead atoms. The van der Waals surface area contributed by atoms with Crippen LogP contribution >= 0.6 is 11.3 Å². The molecule has 0 saturated heterocycles. The Morgan fingerprint density at radius 2 is 2.09 bits per heavy atom. The molecule has 1 aliphatic heterocycles. The van der Waals surface area contributed by atoms with Gasteiger partial charge in [0, 0.05) is 23.2 Å². The number of hydrogen-bond donors (Lipinski definition) is 3.